The molecule has 1 N–H and O–H groups in total. The van der Waals surface area contributed by atoms with Crippen LogP contribution < -0.4 is 5.32 Å². The molecule has 3 rings (SSSR count). The summed E-state index contributed by atoms with van der Waals surface area (Å²) in [7, 11) is 0. The van der Waals surface area contributed by atoms with Crippen LogP contribution in [0.5, 0.6) is 0 Å². The maximum Gasteiger partial charge on any atom is 0.234 e. The molecule has 1 atom stereocenters. The van der Waals surface area contributed by atoms with E-state index in [9.17, 15) is 4.79 Å². The SMILES string of the molecule is CCc1ccc(NC(=O)CSc2nnc(CC)n2CC2CCCO2)cc1. The van der Waals surface area contributed by atoms with Crippen LogP contribution in [0, 0.1) is 0 Å². The van der Waals surface area contributed by atoms with Crippen LogP contribution in [0.1, 0.15) is 38.1 Å². The van der Waals surface area contributed by atoms with Crippen molar-refractivity contribution in [2.45, 2.75) is 57.3 Å². The third kappa shape index (κ3) is 4.86. The third-order valence-corrected chi connectivity index (χ3v) is 5.46. The Bertz CT molecular complexity index is 724. The Kier molecular flexibility index (Phi) is 6.68. The van der Waals surface area contributed by atoms with Crippen molar-refractivity contribution >= 4 is 23.4 Å². The summed E-state index contributed by atoms with van der Waals surface area (Å²) in [4.78, 5) is 12.3. The lowest BCUT2D eigenvalue weighted by atomic mass is 10.1. The number of rotatable bonds is 8. The highest BCUT2D eigenvalue weighted by Gasteiger charge is 2.20. The summed E-state index contributed by atoms with van der Waals surface area (Å²) >= 11 is 1.42. The van der Waals surface area contributed by atoms with Gasteiger partial charge in [0.25, 0.3) is 0 Å². The van der Waals surface area contributed by atoms with Gasteiger partial charge < -0.3 is 14.6 Å². The Morgan fingerprint density at radius 1 is 1.27 bits per heavy atom. The molecule has 0 radical (unpaired) electrons. The number of anilines is 1. The molecule has 1 amide bonds. The minimum absolute atomic E-state index is 0.0380. The highest BCUT2D eigenvalue weighted by atomic mass is 32.2. The molecule has 2 aromatic rings. The summed E-state index contributed by atoms with van der Waals surface area (Å²) < 4.78 is 7.84. The fourth-order valence-electron chi connectivity index (χ4n) is 3.01. The lowest BCUT2D eigenvalue weighted by Gasteiger charge is -2.14. The summed E-state index contributed by atoms with van der Waals surface area (Å²) in [5, 5.41) is 12.3. The Morgan fingerprint density at radius 2 is 2.08 bits per heavy atom. The molecule has 1 aromatic carbocycles. The summed E-state index contributed by atoms with van der Waals surface area (Å²) in [5.41, 5.74) is 2.08. The molecule has 6 nitrogen and oxygen atoms in total. The number of carbonyl (C=O) groups is 1. The van der Waals surface area contributed by atoms with Crippen molar-refractivity contribution in [1.82, 2.24) is 14.8 Å². The molecular formula is C19H26N4O2S. The molecule has 1 unspecified atom stereocenters. The van der Waals surface area contributed by atoms with Crippen LogP contribution in [0.2, 0.25) is 0 Å². The second kappa shape index (κ2) is 9.19. The Hall–Kier alpha value is -1.86. The number of aryl methyl sites for hydroxylation is 2. The van der Waals surface area contributed by atoms with Gasteiger partial charge in [-0.2, -0.15) is 0 Å². The maximum absolute atomic E-state index is 12.3. The van der Waals surface area contributed by atoms with Crippen LogP contribution in [0.3, 0.4) is 0 Å². The summed E-state index contributed by atoms with van der Waals surface area (Å²) in [6, 6.07) is 7.95. The number of nitrogens with one attached hydrogen (secondary N) is 1. The molecule has 0 bridgehead atoms. The van der Waals surface area contributed by atoms with Crippen LogP contribution in [0.25, 0.3) is 0 Å². The molecular weight excluding hydrogens is 348 g/mol. The molecule has 1 aromatic heterocycles. The first-order chi connectivity index (χ1) is 12.7. The van der Waals surface area contributed by atoms with Gasteiger partial charge in [0.05, 0.1) is 18.4 Å². The minimum atomic E-state index is -0.0380. The third-order valence-electron chi connectivity index (χ3n) is 4.50. The molecule has 1 aliphatic heterocycles. The number of ether oxygens (including phenoxy) is 1. The molecule has 7 heteroatoms. The van der Waals surface area contributed by atoms with Crippen molar-refractivity contribution < 1.29 is 9.53 Å². The fraction of sp³-hybridized carbons (Fsp3) is 0.526. The highest BCUT2D eigenvalue weighted by molar-refractivity contribution is 7.99. The second-order valence-corrected chi connectivity index (χ2v) is 7.33. The smallest absolute Gasteiger partial charge is 0.234 e. The monoisotopic (exact) mass is 374 g/mol. The van der Waals surface area contributed by atoms with Gasteiger partial charge in [-0.1, -0.05) is 37.7 Å². The number of hydrogen-bond acceptors (Lipinski definition) is 5. The van der Waals surface area contributed by atoms with Gasteiger partial charge in [0.2, 0.25) is 5.91 Å². The average Bonchev–Trinajstić information content (AvgIpc) is 3.31. The van der Waals surface area contributed by atoms with E-state index in [1.807, 2.05) is 24.3 Å². The van der Waals surface area contributed by atoms with E-state index in [1.165, 1.54) is 17.3 Å². The highest BCUT2D eigenvalue weighted by Crippen LogP contribution is 2.22. The zero-order valence-electron chi connectivity index (χ0n) is 15.4. The summed E-state index contributed by atoms with van der Waals surface area (Å²) in [6.07, 6.45) is 4.21. The van der Waals surface area contributed by atoms with E-state index < -0.39 is 0 Å². The van der Waals surface area contributed by atoms with E-state index in [2.05, 4.69) is 33.9 Å². The Balaban J connectivity index is 1.57. The number of carbonyl (C=O) groups excluding carboxylic acids is 1. The molecule has 2 heterocycles. The van der Waals surface area contributed by atoms with Gasteiger partial charge in [-0.15, -0.1) is 10.2 Å². The topological polar surface area (TPSA) is 69.0 Å². The van der Waals surface area contributed by atoms with Crippen molar-refractivity contribution in [3.05, 3.63) is 35.7 Å². The summed E-state index contributed by atoms with van der Waals surface area (Å²) in [5.74, 6) is 1.21. The van der Waals surface area contributed by atoms with Crippen LogP contribution in [-0.4, -0.2) is 39.1 Å². The number of amides is 1. The van der Waals surface area contributed by atoms with Crippen molar-refractivity contribution in [2.75, 3.05) is 17.7 Å². The maximum atomic E-state index is 12.3. The first-order valence-electron chi connectivity index (χ1n) is 9.24. The van der Waals surface area contributed by atoms with Crippen LogP contribution in [0.4, 0.5) is 5.69 Å². The first-order valence-corrected chi connectivity index (χ1v) is 10.2. The van der Waals surface area contributed by atoms with E-state index in [1.54, 1.807) is 0 Å². The van der Waals surface area contributed by atoms with Gasteiger partial charge in [-0.25, -0.2) is 0 Å². The number of thioether (sulfide) groups is 1. The largest absolute Gasteiger partial charge is 0.376 e. The lowest BCUT2D eigenvalue weighted by Crippen LogP contribution is -2.19. The van der Waals surface area contributed by atoms with E-state index in [0.717, 1.165) is 55.5 Å². The second-order valence-electron chi connectivity index (χ2n) is 6.39. The van der Waals surface area contributed by atoms with Crippen molar-refractivity contribution in [3.8, 4) is 0 Å². The quantitative estimate of drug-likeness (QED) is 0.718. The summed E-state index contributed by atoms with van der Waals surface area (Å²) in [6.45, 7) is 5.77. The van der Waals surface area contributed by atoms with Crippen LogP contribution in [0.15, 0.2) is 29.4 Å². The fourth-order valence-corrected chi connectivity index (χ4v) is 3.78. The minimum Gasteiger partial charge on any atom is -0.376 e. The molecule has 26 heavy (non-hydrogen) atoms. The van der Waals surface area contributed by atoms with Crippen molar-refractivity contribution in [2.24, 2.45) is 0 Å². The Morgan fingerprint density at radius 3 is 2.73 bits per heavy atom. The Labute approximate surface area is 158 Å². The average molecular weight is 375 g/mol. The predicted octanol–water partition coefficient (Wildman–Crippen LogP) is 3.31. The number of benzene rings is 1. The van der Waals surface area contributed by atoms with Crippen LogP contribution >= 0.6 is 11.8 Å². The normalized spacial score (nSPS) is 16.8. The molecule has 0 saturated carbocycles. The standard InChI is InChI=1S/C19H26N4O2S/c1-3-14-7-9-15(10-8-14)20-18(24)13-26-19-22-21-17(4-2)23(19)12-16-6-5-11-25-16/h7-10,16H,3-6,11-13H2,1-2H3,(H,20,24). The van der Waals surface area contributed by atoms with Gasteiger partial charge in [0.1, 0.15) is 5.82 Å². The van der Waals surface area contributed by atoms with Gasteiger partial charge >= 0.3 is 0 Å². The molecule has 1 aliphatic rings. The van der Waals surface area contributed by atoms with E-state index in [0.29, 0.717) is 5.75 Å². The van der Waals surface area contributed by atoms with E-state index in [-0.39, 0.29) is 12.0 Å². The van der Waals surface area contributed by atoms with Gasteiger partial charge in [-0.3, -0.25) is 4.79 Å². The van der Waals surface area contributed by atoms with Gasteiger partial charge in [0.15, 0.2) is 5.16 Å². The predicted molar refractivity (Wildman–Crippen MR) is 104 cm³/mol. The zero-order chi connectivity index (χ0) is 18.4. The van der Waals surface area contributed by atoms with Crippen molar-refractivity contribution in [3.63, 3.8) is 0 Å². The van der Waals surface area contributed by atoms with Gasteiger partial charge in [-0.05, 0) is 37.0 Å². The number of nitrogens with zero attached hydrogens (tertiary/aromatic N) is 3. The van der Waals surface area contributed by atoms with Gasteiger partial charge in [0, 0.05) is 18.7 Å². The lowest BCUT2D eigenvalue weighted by molar-refractivity contribution is -0.113. The number of aromatic nitrogens is 3. The molecule has 1 fully saturated rings. The van der Waals surface area contributed by atoms with Crippen LogP contribution in [-0.2, 0) is 28.9 Å². The zero-order valence-corrected chi connectivity index (χ0v) is 16.2. The number of hydrogen-bond donors (Lipinski definition) is 1. The van der Waals surface area contributed by atoms with E-state index >= 15 is 0 Å². The molecule has 1 saturated heterocycles. The van der Waals surface area contributed by atoms with Crippen molar-refractivity contribution in [1.29, 1.82) is 0 Å². The first kappa shape index (κ1) is 18.9. The molecule has 0 aliphatic carbocycles. The molecule has 0 spiro atoms. The van der Waals surface area contributed by atoms with E-state index in [4.69, 9.17) is 4.74 Å². The molecule has 140 valence electrons.